The first-order valence-electron chi connectivity index (χ1n) is 9.75. The Morgan fingerprint density at radius 2 is 2.17 bits per heavy atom. The summed E-state index contributed by atoms with van der Waals surface area (Å²) >= 11 is 2.99. The summed E-state index contributed by atoms with van der Waals surface area (Å²) in [6.45, 7) is 0.132. The number of thioether (sulfide) groups is 1. The molecule has 0 bridgehead atoms. The molecule has 3 aromatic rings. The first kappa shape index (κ1) is 20.9. The smallest absolute Gasteiger partial charge is 0.259 e. The van der Waals surface area contributed by atoms with Crippen molar-refractivity contribution in [3.05, 3.63) is 56.4 Å². The van der Waals surface area contributed by atoms with E-state index in [2.05, 4.69) is 15.3 Å². The third kappa shape index (κ3) is 4.53. The second kappa shape index (κ2) is 9.20. The Bertz CT molecular complexity index is 1110. The number of hydrogen-bond acceptors (Lipinski definition) is 7. The van der Waals surface area contributed by atoms with Gasteiger partial charge in [-0.15, -0.1) is 23.1 Å². The molecular weight excluding hydrogens is 422 g/mol. The maximum absolute atomic E-state index is 12.5. The molecule has 0 spiro atoms. The summed E-state index contributed by atoms with van der Waals surface area (Å²) in [5.74, 6) is 1.79. The standard InChI is InChI=1S/C21H23N3O4S2/c1-28-13-7-5-12(6-8-13)15(25)9-22-18(26)11-29-10-17-23-20(27)19-14-3-2-4-16(14)30-21(19)24-17/h5-8,15,25H,2-4,9-11H2,1H3,(H,22,26)(H,23,24,27). The number of H-pyrrole nitrogens is 1. The van der Waals surface area contributed by atoms with Crippen LogP contribution in [0.3, 0.4) is 0 Å². The molecule has 9 heteroatoms. The third-order valence-electron chi connectivity index (χ3n) is 5.09. The molecule has 158 valence electrons. The van der Waals surface area contributed by atoms with Crippen molar-refractivity contribution in [3.8, 4) is 5.75 Å². The van der Waals surface area contributed by atoms with Crippen molar-refractivity contribution < 1.29 is 14.6 Å². The van der Waals surface area contributed by atoms with Crippen molar-refractivity contribution in [1.29, 1.82) is 0 Å². The quantitative estimate of drug-likeness (QED) is 0.492. The fourth-order valence-electron chi connectivity index (χ4n) is 3.56. The molecule has 7 nitrogen and oxygen atoms in total. The number of rotatable bonds is 8. The molecule has 0 aliphatic heterocycles. The van der Waals surface area contributed by atoms with Crippen molar-refractivity contribution >= 4 is 39.2 Å². The molecule has 0 saturated heterocycles. The Hall–Kier alpha value is -2.36. The lowest BCUT2D eigenvalue weighted by Crippen LogP contribution is -2.29. The second-order valence-corrected chi connectivity index (χ2v) is 9.21. The third-order valence-corrected chi connectivity index (χ3v) is 7.22. The van der Waals surface area contributed by atoms with Crippen LogP contribution in [-0.4, -0.2) is 40.4 Å². The number of methoxy groups -OCH3 is 1. The molecule has 1 aliphatic carbocycles. The van der Waals surface area contributed by atoms with Gasteiger partial charge in [0.1, 0.15) is 16.4 Å². The van der Waals surface area contributed by atoms with E-state index in [4.69, 9.17) is 4.74 Å². The molecule has 1 amide bonds. The summed E-state index contributed by atoms with van der Waals surface area (Å²) in [6, 6.07) is 7.07. The van der Waals surface area contributed by atoms with Crippen LogP contribution in [-0.2, 0) is 23.4 Å². The zero-order valence-corrected chi connectivity index (χ0v) is 18.2. The van der Waals surface area contributed by atoms with Gasteiger partial charge < -0.3 is 20.1 Å². The Morgan fingerprint density at radius 3 is 2.93 bits per heavy atom. The number of thiophene rings is 1. The number of aliphatic hydroxyl groups is 1. The highest BCUT2D eigenvalue weighted by Gasteiger charge is 2.21. The zero-order valence-electron chi connectivity index (χ0n) is 16.6. The Kier molecular flexibility index (Phi) is 6.40. The SMILES string of the molecule is COc1ccc(C(O)CNC(=O)CSCc2nc3sc4c(c3c(=O)[nH]2)CCC4)cc1. The van der Waals surface area contributed by atoms with E-state index in [1.165, 1.54) is 16.6 Å². The van der Waals surface area contributed by atoms with Gasteiger partial charge in [0.05, 0.1) is 30.1 Å². The van der Waals surface area contributed by atoms with Crippen LogP contribution in [0.2, 0.25) is 0 Å². The molecule has 1 aliphatic rings. The van der Waals surface area contributed by atoms with Crippen LogP contribution in [0.5, 0.6) is 5.75 Å². The highest BCUT2D eigenvalue weighted by Crippen LogP contribution is 2.34. The van der Waals surface area contributed by atoms with E-state index in [1.807, 2.05) is 0 Å². The maximum Gasteiger partial charge on any atom is 0.259 e. The van der Waals surface area contributed by atoms with Crippen LogP contribution >= 0.6 is 23.1 Å². The van der Waals surface area contributed by atoms with E-state index in [0.717, 1.165) is 35.0 Å². The maximum atomic E-state index is 12.5. The van der Waals surface area contributed by atoms with Crippen LogP contribution in [0.15, 0.2) is 29.1 Å². The minimum atomic E-state index is -0.786. The average molecular weight is 446 g/mol. The van der Waals surface area contributed by atoms with E-state index < -0.39 is 6.10 Å². The Morgan fingerprint density at radius 1 is 1.37 bits per heavy atom. The molecule has 0 radical (unpaired) electrons. The molecule has 2 heterocycles. The molecule has 1 unspecified atom stereocenters. The van der Waals surface area contributed by atoms with E-state index >= 15 is 0 Å². The van der Waals surface area contributed by atoms with E-state index in [0.29, 0.717) is 22.9 Å². The van der Waals surface area contributed by atoms with Crippen LogP contribution < -0.4 is 15.6 Å². The number of amides is 1. The number of fused-ring (bicyclic) bond motifs is 3. The molecule has 2 aromatic heterocycles. The van der Waals surface area contributed by atoms with E-state index in [-0.39, 0.29) is 23.8 Å². The lowest BCUT2D eigenvalue weighted by molar-refractivity contribution is -0.119. The highest BCUT2D eigenvalue weighted by atomic mass is 32.2. The number of nitrogens with one attached hydrogen (secondary N) is 2. The minimum Gasteiger partial charge on any atom is -0.497 e. The summed E-state index contributed by atoms with van der Waals surface area (Å²) < 4.78 is 5.09. The summed E-state index contributed by atoms with van der Waals surface area (Å²) in [5.41, 5.74) is 1.79. The zero-order chi connectivity index (χ0) is 21.1. The van der Waals surface area contributed by atoms with Gasteiger partial charge in [0.25, 0.3) is 5.56 Å². The Labute approximate surface area is 181 Å². The van der Waals surface area contributed by atoms with Crippen LogP contribution in [0.4, 0.5) is 0 Å². The lowest BCUT2D eigenvalue weighted by Gasteiger charge is -2.12. The predicted octanol–water partition coefficient (Wildman–Crippen LogP) is 2.56. The average Bonchev–Trinajstić information content (AvgIpc) is 3.33. The van der Waals surface area contributed by atoms with Crippen LogP contribution in [0, 0.1) is 0 Å². The van der Waals surface area contributed by atoms with Gasteiger partial charge in [-0.25, -0.2) is 4.98 Å². The van der Waals surface area contributed by atoms with Crippen molar-refractivity contribution in [2.24, 2.45) is 0 Å². The number of aryl methyl sites for hydroxylation is 2. The number of ether oxygens (including phenoxy) is 1. The Balaban J connectivity index is 1.27. The van der Waals surface area contributed by atoms with E-state index in [1.54, 1.807) is 42.7 Å². The number of hydrogen-bond donors (Lipinski definition) is 3. The lowest BCUT2D eigenvalue weighted by atomic mass is 10.1. The normalized spacial score (nSPS) is 13.9. The first-order valence-corrected chi connectivity index (χ1v) is 11.7. The van der Waals surface area contributed by atoms with Crippen molar-refractivity contribution in [1.82, 2.24) is 15.3 Å². The highest BCUT2D eigenvalue weighted by molar-refractivity contribution is 7.99. The van der Waals surface area contributed by atoms with Crippen LogP contribution in [0.25, 0.3) is 10.2 Å². The molecule has 4 rings (SSSR count). The second-order valence-electron chi connectivity index (χ2n) is 7.14. The summed E-state index contributed by atoms with van der Waals surface area (Å²) in [6.07, 6.45) is 2.31. The monoisotopic (exact) mass is 445 g/mol. The molecule has 0 fully saturated rings. The summed E-state index contributed by atoms with van der Waals surface area (Å²) in [5, 5.41) is 13.7. The molecule has 3 N–H and O–H groups in total. The fraction of sp³-hybridized carbons (Fsp3) is 0.381. The summed E-state index contributed by atoms with van der Waals surface area (Å²) in [4.78, 5) is 34.1. The van der Waals surface area contributed by atoms with Gasteiger partial charge in [-0.1, -0.05) is 12.1 Å². The minimum absolute atomic E-state index is 0.0814. The van der Waals surface area contributed by atoms with Gasteiger partial charge in [0, 0.05) is 11.4 Å². The summed E-state index contributed by atoms with van der Waals surface area (Å²) in [7, 11) is 1.58. The molecule has 30 heavy (non-hydrogen) atoms. The van der Waals surface area contributed by atoms with Gasteiger partial charge in [-0.2, -0.15) is 0 Å². The van der Waals surface area contributed by atoms with Gasteiger partial charge >= 0.3 is 0 Å². The fourth-order valence-corrected chi connectivity index (χ4v) is 5.56. The number of nitrogens with zero attached hydrogens (tertiary/aromatic N) is 1. The topological polar surface area (TPSA) is 104 Å². The van der Waals surface area contributed by atoms with Crippen molar-refractivity contribution in [2.75, 3.05) is 19.4 Å². The molecular formula is C21H23N3O4S2. The molecule has 1 aromatic carbocycles. The number of carbonyl (C=O) groups is 1. The van der Waals surface area contributed by atoms with Crippen molar-refractivity contribution in [2.45, 2.75) is 31.1 Å². The number of benzene rings is 1. The van der Waals surface area contributed by atoms with E-state index in [9.17, 15) is 14.7 Å². The molecule has 0 saturated carbocycles. The predicted molar refractivity (Wildman–Crippen MR) is 119 cm³/mol. The number of aromatic amines is 1. The van der Waals surface area contributed by atoms with Crippen LogP contribution in [0.1, 0.15) is 34.4 Å². The first-order chi connectivity index (χ1) is 14.5. The number of aliphatic hydroxyl groups excluding tert-OH is 1. The van der Waals surface area contributed by atoms with Crippen molar-refractivity contribution in [3.63, 3.8) is 0 Å². The largest absolute Gasteiger partial charge is 0.497 e. The number of aromatic nitrogens is 2. The van der Waals surface area contributed by atoms with Gasteiger partial charge in [-0.05, 0) is 42.5 Å². The van der Waals surface area contributed by atoms with Gasteiger partial charge in [-0.3, -0.25) is 9.59 Å². The van der Waals surface area contributed by atoms with Gasteiger partial charge in [0.15, 0.2) is 0 Å². The molecule has 1 atom stereocenters. The van der Waals surface area contributed by atoms with Gasteiger partial charge in [0.2, 0.25) is 5.91 Å². The number of carbonyl (C=O) groups excluding carboxylic acids is 1.